The molecule has 1 aromatic heterocycles. The normalized spacial score (nSPS) is 11.4. The lowest BCUT2D eigenvalue weighted by Crippen LogP contribution is -2.10. The zero-order chi connectivity index (χ0) is 32.7. The molecule has 1 heterocycles. The van der Waals surface area contributed by atoms with E-state index in [1.807, 2.05) is 12.1 Å². The number of hydrogen-bond donors (Lipinski definition) is 0. The third-order valence-corrected chi connectivity index (χ3v) is 9.64. The van der Waals surface area contributed by atoms with E-state index in [9.17, 15) is 0 Å². The summed E-state index contributed by atoms with van der Waals surface area (Å²) in [4.78, 5) is 2.33. The molecule has 0 N–H and O–H groups in total. The van der Waals surface area contributed by atoms with E-state index in [1.54, 1.807) is 0 Å². The molecule has 2 nitrogen and oxygen atoms in total. The highest BCUT2D eigenvalue weighted by molar-refractivity contribution is 5.97. The van der Waals surface area contributed by atoms with Crippen molar-refractivity contribution in [3.63, 3.8) is 0 Å². The Balaban J connectivity index is 1.14. The van der Waals surface area contributed by atoms with Gasteiger partial charge in [0, 0.05) is 33.6 Å². The van der Waals surface area contributed by atoms with E-state index in [0.29, 0.717) is 0 Å². The lowest BCUT2D eigenvalue weighted by Gasteiger charge is -2.26. The number of benzene rings is 8. The molecule has 0 amide bonds. The maximum absolute atomic E-state index is 6.41. The van der Waals surface area contributed by atoms with Gasteiger partial charge in [-0.05, 0) is 99.3 Å². The number of rotatable bonds is 6. The lowest BCUT2D eigenvalue weighted by molar-refractivity contribution is 0.629. The summed E-state index contributed by atoms with van der Waals surface area (Å²) in [5.41, 5.74) is 11.2. The van der Waals surface area contributed by atoms with Crippen molar-refractivity contribution in [2.24, 2.45) is 0 Å². The van der Waals surface area contributed by atoms with Crippen LogP contribution in [0.2, 0.25) is 0 Å². The third kappa shape index (κ3) is 5.24. The van der Waals surface area contributed by atoms with Crippen molar-refractivity contribution in [1.29, 1.82) is 0 Å². The number of para-hydroxylation sites is 1. The maximum atomic E-state index is 6.41. The SMILES string of the molecule is Cc1c(-c2cccc(N(c3ccc(-c4ccc5ccccc5c4)cc3)c3ccc(-c4cccc5ccccc45)cc3)c2)oc2ccccc12. The molecule has 0 unspecified atom stereocenters. The number of nitrogens with zero attached hydrogens (tertiary/aromatic N) is 1. The van der Waals surface area contributed by atoms with Gasteiger partial charge in [-0.25, -0.2) is 0 Å². The van der Waals surface area contributed by atoms with E-state index in [2.05, 4.69) is 182 Å². The second kappa shape index (κ2) is 12.0. The van der Waals surface area contributed by atoms with Gasteiger partial charge < -0.3 is 9.32 Å². The van der Waals surface area contributed by atoms with E-state index in [1.165, 1.54) is 43.8 Å². The molecule has 9 aromatic rings. The second-order valence-electron chi connectivity index (χ2n) is 12.6. The van der Waals surface area contributed by atoms with Gasteiger partial charge in [-0.3, -0.25) is 0 Å². The molecular weight excluding hydrogens is 595 g/mol. The standard InChI is InChI=1S/C47H33NO/c1-32-43-16-6-7-19-46(43)49-47(32)39-14-8-15-42(31-39)48(40-26-22-34(23-27-40)38-21-20-33-10-2-3-12-37(33)30-38)41-28-24-36(25-29-41)45-18-9-13-35-11-4-5-17-44(35)45/h2-31H,1H3. The predicted molar refractivity (Wildman–Crippen MR) is 207 cm³/mol. The molecule has 0 saturated carbocycles. The van der Waals surface area contributed by atoms with E-state index in [4.69, 9.17) is 4.42 Å². The predicted octanol–water partition coefficient (Wildman–Crippen LogP) is 13.5. The second-order valence-corrected chi connectivity index (χ2v) is 12.6. The van der Waals surface area contributed by atoms with Crippen LogP contribution in [0.15, 0.2) is 186 Å². The first-order valence-electron chi connectivity index (χ1n) is 16.8. The summed E-state index contributed by atoms with van der Waals surface area (Å²) in [7, 11) is 0. The van der Waals surface area contributed by atoms with E-state index in [-0.39, 0.29) is 0 Å². The number of fused-ring (bicyclic) bond motifs is 3. The minimum atomic E-state index is 0.904. The van der Waals surface area contributed by atoms with Crippen molar-refractivity contribution in [3.05, 3.63) is 188 Å². The van der Waals surface area contributed by atoms with Gasteiger partial charge >= 0.3 is 0 Å². The molecule has 0 aliphatic carbocycles. The van der Waals surface area contributed by atoms with Crippen LogP contribution in [-0.2, 0) is 0 Å². The van der Waals surface area contributed by atoms with E-state index in [0.717, 1.165) is 44.9 Å². The Labute approximate surface area is 286 Å². The van der Waals surface area contributed by atoms with Gasteiger partial charge in [0.2, 0.25) is 0 Å². The highest BCUT2D eigenvalue weighted by atomic mass is 16.3. The molecular formula is C47H33NO. The molecule has 0 spiro atoms. The Morgan fingerprint density at radius 2 is 1.00 bits per heavy atom. The van der Waals surface area contributed by atoms with Crippen LogP contribution in [0.5, 0.6) is 0 Å². The minimum Gasteiger partial charge on any atom is -0.456 e. The van der Waals surface area contributed by atoms with Crippen molar-refractivity contribution in [2.75, 3.05) is 4.90 Å². The summed E-state index contributed by atoms with van der Waals surface area (Å²) in [5, 5.41) is 6.14. The topological polar surface area (TPSA) is 16.4 Å². The average Bonchev–Trinajstić information content (AvgIpc) is 3.51. The smallest absolute Gasteiger partial charge is 0.138 e. The Hall–Kier alpha value is -6.38. The van der Waals surface area contributed by atoms with Gasteiger partial charge in [0.1, 0.15) is 11.3 Å². The Bertz CT molecular complexity index is 2610. The molecule has 0 aliphatic heterocycles. The lowest BCUT2D eigenvalue weighted by atomic mass is 9.98. The molecule has 0 atom stereocenters. The molecule has 0 aliphatic rings. The van der Waals surface area contributed by atoms with Crippen molar-refractivity contribution in [3.8, 4) is 33.6 Å². The van der Waals surface area contributed by atoms with E-state index >= 15 is 0 Å². The van der Waals surface area contributed by atoms with Crippen molar-refractivity contribution in [1.82, 2.24) is 0 Å². The number of aryl methyl sites for hydroxylation is 1. The van der Waals surface area contributed by atoms with Gasteiger partial charge in [0.15, 0.2) is 0 Å². The molecule has 8 aromatic carbocycles. The molecule has 9 rings (SSSR count). The third-order valence-electron chi connectivity index (χ3n) is 9.64. The fraction of sp³-hybridized carbons (Fsp3) is 0.0213. The molecule has 0 radical (unpaired) electrons. The van der Waals surface area contributed by atoms with Gasteiger partial charge in [-0.15, -0.1) is 0 Å². The molecule has 0 saturated heterocycles. The molecule has 49 heavy (non-hydrogen) atoms. The minimum absolute atomic E-state index is 0.904. The number of anilines is 3. The number of hydrogen-bond acceptors (Lipinski definition) is 2. The first-order chi connectivity index (χ1) is 24.2. The van der Waals surface area contributed by atoms with Gasteiger partial charge in [-0.1, -0.05) is 133 Å². The molecule has 2 heteroatoms. The van der Waals surface area contributed by atoms with Crippen LogP contribution in [0, 0.1) is 6.92 Å². The molecule has 0 fully saturated rings. The van der Waals surface area contributed by atoms with E-state index < -0.39 is 0 Å². The summed E-state index contributed by atoms with van der Waals surface area (Å²) in [6, 6.07) is 65.1. The summed E-state index contributed by atoms with van der Waals surface area (Å²) in [6.07, 6.45) is 0. The maximum Gasteiger partial charge on any atom is 0.138 e. The van der Waals surface area contributed by atoms with Crippen LogP contribution in [0.25, 0.3) is 66.1 Å². The zero-order valence-electron chi connectivity index (χ0n) is 27.2. The Kier molecular flexibility index (Phi) is 7.06. The first kappa shape index (κ1) is 28.8. The summed E-state index contributed by atoms with van der Waals surface area (Å²) >= 11 is 0. The van der Waals surface area contributed by atoms with Gasteiger partial charge in [-0.2, -0.15) is 0 Å². The summed E-state index contributed by atoms with van der Waals surface area (Å²) in [6.45, 7) is 2.14. The average molecular weight is 628 g/mol. The van der Waals surface area contributed by atoms with Crippen LogP contribution in [0.4, 0.5) is 17.1 Å². The first-order valence-corrected chi connectivity index (χ1v) is 16.8. The van der Waals surface area contributed by atoms with Crippen molar-refractivity contribution >= 4 is 49.6 Å². The monoisotopic (exact) mass is 627 g/mol. The van der Waals surface area contributed by atoms with Crippen LogP contribution in [0.1, 0.15) is 5.56 Å². The largest absolute Gasteiger partial charge is 0.456 e. The fourth-order valence-electron chi connectivity index (χ4n) is 7.12. The van der Waals surface area contributed by atoms with Crippen molar-refractivity contribution in [2.45, 2.75) is 6.92 Å². The van der Waals surface area contributed by atoms with Crippen LogP contribution in [-0.4, -0.2) is 0 Å². The van der Waals surface area contributed by atoms with Crippen LogP contribution < -0.4 is 4.90 Å². The summed E-state index contributed by atoms with van der Waals surface area (Å²) in [5.74, 6) is 0.904. The van der Waals surface area contributed by atoms with Gasteiger partial charge in [0.25, 0.3) is 0 Å². The highest BCUT2D eigenvalue weighted by Crippen LogP contribution is 2.41. The quantitative estimate of drug-likeness (QED) is 0.182. The Morgan fingerprint density at radius 3 is 1.78 bits per heavy atom. The van der Waals surface area contributed by atoms with Crippen LogP contribution >= 0.6 is 0 Å². The van der Waals surface area contributed by atoms with Gasteiger partial charge in [0.05, 0.1) is 0 Å². The highest BCUT2D eigenvalue weighted by Gasteiger charge is 2.17. The van der Waals surface area contributed by atoms with Crippen LogP contribution in [0.3, 0.4) is 0 Å². The fourth-order valence-corrected chi connectivity index (χ4v) is 7.12. The molecule has 232 valence electrons. The summed E-state index contributed by atoms with van der Waals surface area (Å²) < 4.78 is 6.41. The Morgan fingerprint density at radius 1 is 0.388 bits per heavy atom. The zero-order valence-corrected chi connectivity index (χ0v) is 27.2. The molecule has 0 bridgehead atoms. The number of furan rings is 1. The van der Waals surface area contributed by atoms with Crippen molar-refractivity contribution < 1.29 is 4.42 Å².